The van der Waals surface area contributed by atoms with E-state index in [0.29, 0.717) is 5.41 Å². The fourth-order valence-electron chi connectivity index (χ4n) is 3.54. The summed E-state index contributed by atoms with van der Waals surface area (Å²) in [6, 6.07) is 9.74. The summed E-state index contributed by atoms with van der Waals surface area (Å²) < 4.78 is 0. The fraction of sp³-hybridized carbons (Fsp3) is 0.667. The van der Waals surface area contributed by atoms with Crippen molar-refractivity contribution in [3.05, 3.63) is 29.8 Å². The van der Waals surface area contributed by atoms with E-state index in [1.807, 2.05) is 0 Å². The molecule has 0 amide bonds. The third-order valence-electron chi connectivity index (χ3n) is 4.80. The molecule has 0 spiro atoms. The summed E-state index contributed by atoms with van der Waals surface area (Å²) in [5, 5.41) is 3.75. The van der Waals surface area contributed by atoms with E-state index in [9.17, 15) is 0 Å². The lowest BCUT2D eigenvalue weighted by atomic mass is 9.84. The van der Waals surface area contributed by atoms with Crippen LogP contribution in [-0.4, -0.2) is 25.7 Å². The highest BCUT2D eigenvalue weighted by Gasteiger charge is 2.31. The molecule has 0 saturated heterocycles. The van der Waals surface area contributed by atoms with Crippen molar-refractivity contribution in [1.29, 1.82) is 0 Å². The second kappa shape index (κ2) is 5.77. The molecule has 1 fully saturated rings. The van der Waals surface area contributed by atoms with Crippen LogP contribution in [0.3, 0.4) is 0 Å². The zero-order valence-corrected chi connectivity index (χ0v) is 13.0. The van der Waals surface area contributed by atoms with Gasteiger partial charge in [0.15, 0.2) is 0 Å². The molecule has 1 N–H and O–H groups in total. The number of nitrogens with one attached hydrogen (secondary N) is 1. The summed E-state index contributed by atoms with van der Waals surface area (Å²) in [6.45, 7) is 8.34. The lowest BCUT2D eigenvalue weighted by molar-refractivity contribution is 0.280. The zero-order valence-electron chi connectivity index (χ0n) is 13.0. The number of nitrogens with zero attached hydrogens (tertiary/aromatic N) is 1. The van der Waals surface area contributed by atoms with Gasteiger partial charge in [-0.15, -0.1) is 0 Å². The van der Waals surface area contributed by atoms with Gasteiger partial charge in [-0.25, -0.2) is 0 Å². The maximum absolute atomic E-state index is 3.75. The molecule has 1 aromatic carbocycles. The molecule has 2 heteroatoms. The summed E-state index contributed by atoms with van der Waals surface area (Å²) in [7, 11) is 0. The second-order valence-electron chi connectivity index (χ2n) is 7.02. The van der Waals surface area contributed by atoms with Crippen LogP contribution >= 0.6 is 0 Å². The number of hydrogen-bond donors (Lipinski definition) is 1. The average molecular weight is 272 g/mol. The molecule has 1 aliphatic carbocycles. The quantitative estimate of drug-likeness (QED) is 0.816. The lowest BCUT2D eigenvalue weighted by Gasteiger charge is -2.35. The van der Waals surface area contributed by atoms with E-state index in [1.165, 1.54) is 63.0 Å². The van der Waals surface area contributed by atoms with Gasteiger partial charge in [-0.2, -0.15) is 0 Å². The first kappa shape index (κ1) is 13.9. The molecule has 2 nitrogen and oxygen atoms in total. The van der Waals surface area contributed by atoms with Gasteiger partial charge in [0.1, 0.15) is 0 Å². The normalized spacial score (nSPS) is 20.8. The molecule has 1 unspecified atom stereocenters. The van der Waals surface area contributed by atoms with E-state index in [-0.39, 0.29) is 0 Å². The first-order valence-electron chi connectivity index (χ1n) is 8.26. The number of anilines is 1. The van der Waals surface area contributed by atoms with Crippen LogP contribution < -0.4 is 10.2 Å². The minimum absolute atomic E-state index is 0.398. The summed E-state index contributed by atoms with van der Waals surface area (Å²) in [5.74, 6) is 0. The van der Waals surface area contributed by atoms with Gasteiger partial charge in [0.25, 0.3) is 0 Å². The van der Waals surface area contributed by atoms with E-state index in [0.717, 1.165) is 6.04 Å². The summed E-state index contributed by atoms with van der Waals surface area (Å²) in [4.78, 5) is 2.61. The SMILES string of the molecule is CCCC(C)(CNC1CC1)CN1CCc2ccccc21. The average Bonchev–Trinajstić information content (AvgIpc) is 3.20. The van der Waals surface area contributed by atoms with Gasteiger partial charge >= 0.3 is 0 Å². The third kappa shape index (κ3) is 3.17. The van der Waals surface area contributed by atoms with Crippen LogP contribution in [0.25, 0.3) is 0 Å². The van der Waals surface area contributed by atoms with Gasteiger partial charge in [0, 0.05) is 31.4 Å². The maximum atomic E-state index is 3.75. The standard InChI is InChI=1S/C18H28N2/c1-3-11-18(2,13-19-16-8-9-16)14-20-12-10-15-6-4-5-7-17(15)20/h4-7,16,19H,3,8-14H2,1-2H3. The Morgan fingerprint density at radius 2 is 2.10 bits per heavy atom. The molecule has 2 aliphatic rings. The first-order valence-corrected chi connectivity index (χ1v) is 8.26. The van der Waals surface area contributed by atoms with Gasteiger partial charge in [0.2, 0.25) is 0 Å². The van der Waals surface area contributed by atoms with Crippen LogP contribution in [0.15, 0.2) is 24.3 Å². The summed E-state index contributed by atoms with van der Waals surface area (Å²) >= 11 is 0. The predicted octanol–water partition coefficient (Wildman–Crippen LogP) is 3.61. The van der Waals surface area contributed by atoms with E-state index >= 15 is 0 Å². The highest BCUT2D eigenvalue weighted by Crippen LogP contribution is 2.33. The molecular weight excluding hydrogens is 244 g/mol. The Bertz CT molecular complexity index is 452. The Morgan fingerprint density at radius 1 is 1.30 bits per heavy atom. The van der Waals surface area contributed by atoms with Gasteiger partial charge < -0.3 is 10.2 Å². The molecule has 1 saturated carbocycles. The Balaban J connectivity index is 1.66. The largest absolute Gasteiger partial charge is 0.370 e. The Kier molecular flexibility index (Phi) is 4.02. The highest BCUT2D eigenvalue weighted by molar-refractivity contribution is 5.57. The number of hydrogen-bond acceptors (Lipinski definition) is 2. The minimum atomic E-state index is 0.398. The predicted molar refractivity (Wildman–Crippen MR) is 86.4 cm³/mol. The van der Waals surface area contributed by atoms with Crippen molar-refractivity contribution in [1.82, 2.24) is 5.32 Å². The van der Waals surface area contributed by atoms with Crippen molar-refractivity contribution in [3.63, 3.8) is 0 Å². The highest BCUT2D eigenvalue weighted by atomic mass is 15.2. The van der Waals surface area contributed by atoms with Crippen molar-refractivity contribution in [2.24, 2.45) is 5.41 Å². The smallest absolute Gasteiger partial charge is 0.0399 e. The Labute approximate surface area is 123 Å². The number of para-hydroxylation sites is 1. The van der Waals surface area contributed by atoms with Crippen LogP contribution in [-0.2, 0) is 6.42 Å². The Morgan fingerprint density at radius 3 is 2.85 bits per heavy atom. The van der Waals surface area contributed by atoms with Gasteiger partial charge in [0.05, 0.1) is 0 Å². The molecule has 1 aromatic rings. The van der Waals surface area contributed by atoms with Crippen molar-refractivity contribution in [2.75, 3.05) is 24.5 Å². The third-order valence-corrected chi connectivity index (χ3v) is 4.80. The van der Waals surface area contributed by atoms with E-state index in [2.05, 4.69) is 48.3 Å². The van der Waals surface area contributed by atoms with Crippen LogP contribution in [0, 0.1) is 5.41 Å². The van der Waals surface area contributed by atoms with Crippen LogP contribution in [0.1, 0.15) is 45.1 Å². The minimum Gasteiger partial charge on any atom is -0.370 e. The fourth-order valence-corrected chi connectivity index (χ4v) is 3.54. The molecule has 1 heterocycles. The monoisotopic (exact) mass is 272 g/mol. The molecular formula is C18H28N2. The van der Waals surface area contributed by atoms with Gasteiger partial charge in [-0.05, 0) is 42.7 Å². The summed E-state index contributed by atoms with van der Waals surface area (Å²) in [5.41, 5.74) is 3.40. The second-order valence-corrected chi connectivity index (χ2v) is 7.02. The molecule has 20 heavy (non-hydrogen) atoms. The molecule has 1 atom stereocenters. The molecule has 0 radical (unpaired) electrons. The van der Waals surface area contributed by atoms with Crippen LogP contribution in [0.5, 0.6) is 0 Å². The molecule has 1 aliphatic heterocycles. The maximum Gasteiger partial charge on any atom is 0.0399 e. The van der Waals surface area contributed by atoms with Crippen LogP contribution in [0.2, 0.25) is 0 Å². The first-order chi connectivity index (χ1) is 9.70. The van der Waals surface area contributed by atoms with Gasteiger partial charge in [-0.1, -0.05) is 38.5 Å². The van der Waals surface area contributed by atoms with Crippen molar-refractivity contribution >= 4 is 5.69 Å². The number of fused-ring (bicyclic) bond motifs is 1. The van der Waals surface area contributed by atoms with Crippen molar-refractivity contribution < 1.29 is 0 Å². The number of rotatable bonds is 7. The van der Waals surface area contributed by atoms with Gasteiger partial charge in [-0.3, -0.25) is 0 Å². The summed E-state index contributed by atoms with van der Waals surface area (Å²) in [6.07, 6.45) is 6.57. The van der Waals surface area contributed by atoms with E-state index in [1.54, 1.807) is 0 Å². The molecule has 0 aromatic heterocycles. The van der Waals surface area contributed by atoms with Crippen LogP contribution in [0.4, 0.5) is 5.69 Å². The Hall–Kier alpha value is -1.02. The molecule has 3 rings (SSSR count). The lowest BCUT2D eigenvalue weighted by Crippen LogP contribution is -2.42. The van der Waals surface area contributed by atoms with Crippen molar-refractivity contribution in [3.8, 4) is 0 Å². The topological polar surface area (TPSA) is 15.3 Å². The number of benzene rings is 1. The molecule has 0 bridgehead atoms. The zero-order chi connectivity index (χ0) is 14.0. The van der Waals surface area contributed by atoms with E-state index in [4.69, 9.17) is 0 Å². The molecule has 110 valence electrons. The van der Waals surface area contributed by atoms with Crippen molar-refractivity contribution in [2.45, 2.75) is 52.0 Å². The van der Waals surface area contributed by atoms with E-state index < -0.39 is 0 Å².